The second kappa shape index (κ2) is 5.64. The van der Waals surface area contributed by atoms with Crippen molar-refractivity contribution < 1.29 is 13.7 Å². The summed E-state index contributed by atoms with van der Waals surface area (Å²) >= 11 is 0. The van der Waals surface area contributed by atoms with Crippen molar-refractivity contribution in [2.75, 3.05) is 5.32 Å². The molecular formula is C14H12F2N2O2. The number of nitrogens with one attached hydrogen (secondary N) is 1. The first-order valence-corrected chi connectivity index (χ1v) is 5.90. The molecule has 0 aliphatic rings. The molecule has 0 atom stereocenters. The fourth-order valence-electron chi connectivity index (χ4n) is 1.81. The Morgan fingerprint density at radius 2 is 1.95 bits per heavy atom. The van der Waals surface area contributed by atoms with Gasteiger partial charge >= 0.3 is 0 Å². The number of rotatable bonds is 4. The third-order valence-electron chi connectivity index (χ3n) is 2.83. The van der Waals surface area contributed by atoms with Crippen molar-refractivity contribution in [3.05, 3.63) is 69.3 Å². The molecule has 0 aliphatic heterocycles. The molecule has 2 aromatic carbocycles. The number of hydrogen-bond acceptors (Lipinski definition) is 3. The van der Waals surface area contributed by atoms with E-state index in [1.165, 1.54) is 12.1 Å². The molecule has 2 aromatic rings. The van der Waals surface area contributed by atoms with E-state index >= 15 is 0 Å². The van der Waals surface area contributed by atoms with Gasteiger partial charge in [0.15, 0.2) is 0 Å². The Hall–Kier alpha value is -2.50. The van der Waals surface area contributed by atoms with Gasteiger partial charge in [0, 0.05) is 24.2 Å². The Morgan fingerprint density at radius 1 is 1.20 bits per heavy atom. The lowest BCUT2D eigenvalue weighted by atomic mass is 10.1. The Morgan fingerprint density at radius 3 is 2.60 bits per heavy atom. The van der Waals surface area contributed by atoms with Gasteiger partial charge in [0.1, 0.15) is 17.3 Å². The van der Waals surface area contributed by atoms with Gasteiger partial charge in [-0.1, -0.05) is 12.1 Å². The first-order valence-electron chi connectivity index (χ1n) is 5.90. The third-order valence-corrected chi connectivity index (χ3v) is 2.83. The van der Waals surface area contributed by atoms with Crippen molar-refractivity contribution in [3.8, 4) is 0 Å². The Kier molecular flexibility index (Phi) is 3.93. The van der Waals surface area contributed by atoms with E-state index in [0.717, 1.165) is 17.7 Å². The van der Waals surface area contributed by atoms with Crippen LogP contribution in [0.2, 0.25) is 0 Å². The molecule has 1 N–H and O–H groups in total. The molecule has 6 heteroatoms. The van der Waals surface area contributed by atoms with Crippen LogP contribution in [0.4, 0.5) is 20.2 Å². The number of benzene rings is 2. The number of anilines is 1. The van der Waals surface area contributed by atoms with E-state index < -0.39 is 16.6 Å². The smallest absolute Gasteiger partial charge is 0.292 e. The fourth-order valence-corrected chi connectivity index (χ4v) is 1.81. The predicted molar refractivity (Wildman–Crippen MR) is 71.5 cm³/mol. The topological polar surface area (TPSA) is 55.2 Å². The zero-order chi connectivity index (χ0) is 14.7. The van der Waals surface area contributed by atoms with E-state index in [1.807, 2.05) is 0 Å². The third kappa shape index (κ3) is 3.09. The van der Waals surface area contributed by atoms with Gasteiger partial charge in [0.25, 0.3) is 5.69 Å². The van der Waals surface area contributed by atoms with E-state index in [-0.39, 0.29) is 17.8 Å². The van der Waals surface area contributed by atoms with Crippen LogP contribution in [0.3, 0.4) is 0 Å². The average Bonchev–Trinajstić information content (AvgIpc) is 2.37. The summed E-state index contributed by atoms with van der Waals surface area (Å²) in [5.41, 5.74) is 1.30. The lowest BCUT2D eigenvalue weighted by molar-refractivity contribution is -0.384. The van der Waals surface area contributed by atoms with Crippen LogP contribution >= 0.6 is 0 Å². The lowest BCUT2D eigenvalue weighted by Crippen LogP contribution is -2.04. The van der Waals surface area contributed by atoms with Crippen molar-refractivity contribution >= 4 is 11.4 Å². The van der Waals surface area contributed by atoms with Crippen molar-refractivity contribution in [2.45, 2.75) is 13.5 Å². The van der Waals surface area contributed by atoms with Gasteiger partial charge in [-0.25, -0.2) is 8.78 Å². The molecule has 4 nitrogen and oxygen atoms in total. The van der Waals surface area contributed by atoms with Crippen LogP contribution in [-0.4, -0.2) is 4.92 Å². The summed E-state index contributed by atoms with van der Waals surface area (Å²) in [6.45, 7) is 1.84. The highest BCUT2D eigenvalue weighted by molar-refractivity contribution is 5.62. The summed E-state index contributed by atoms with van der Waals surface area (Å²) in [6, 6.07) is 7.85. The Balaban J connectivity index is 2.22. The summed E-state index contributed by atoms with van der Waals surface area (Å²) in [6.07, 6.45) is 0. The normalized spacial score (nSPS) is 10.3. The molecule has 0 aliphatic carbocycles. The number of nitrogens with zero attached hydrogens (tertiary/aromatic N) is 1. The minimum absolute atomic E-state index is 0.0381. The molecule has 0 fully saturated rings. The van der Waals surface area contributed by atoms with Crippen LogP contribution in [0, 0.1) is 28.7 Å². The number of hydrogen-bond donors (Lipinski definition) is 1. The lowest BCUT2D eigenvalue weighted by Gasteiger charge is -2.09. The van der Waals surface area contributed by atoms with E-state index in [4.69, 9.17) is 0 Å². The highest BCUT2D eigenvalue weighted by Gasteiger charge is 2.13. The molecule has 0 saturated heterocycles. The average molecular weight is 278 g/mol. The quantitative estimate of drug-likeness (QED) is 0.683. The van der Waals surface area contributed by atoms with Crippen LogP contribution in [0.15, 0.2) is 36.4 Å². The summed E-state index contributed by atoms with van der Waals surface area (Å²) in [5, 5.41) is 13.7. The molecule has 0 aromatic heterocycles. The SMILES string of the molecule is Cc1ccc([N+](=O)[O-])c(NCc2ccc(F)cc2F)c1. The maximum atomic E-state index is 13.5. The molecule has 0 amide bonds. The minimum Gasteiger partial charge on any atom is -0.375 e. The minimum atomic E-state index is -0.687. The maximum Gasteiger partial charge on any atom is 0.292 e. The van der Waals surface area contributed by atoms with Gasteiger partial charge in [-0.05, 0) is 24.6 Å². The maximum absolute atomic E-state index is 13.5. The zero-order valence-electron chi connectivity index (χ0n) is 10.7. The second-order valence-corrected chi connectivity index (χ2v) is 4.37. The number of aryl methyl sites for hydroxylation is 1. The van der Waals surface area contributed by atoms with Crippen LogP contribution < -0.4 is 5.32 Å². The molecule has 20 heavy (non-hydrogen) atoms. The molecule has 0 saturated carbocycles. The van der Waals surface area contributed by atoms with Gasteiger partial charge in [-0.2, -0.15) is 0 Å². The zero-order valence-corrected chi connectivity index (χ0v) is 10.7. The van der Waals surface area contributed by atoms with Gasteiger partial charge in [-0.15, -0.1) is 0 Å². The van der Waals surface area contributed by atoms with Gasteiger partial charge < -0.3 is 5.32 Å². The first-order chi connectivity index (χ1) is 9.47. The molecule has 0 radical (unpaired) electrons. The first kappa shape index (κ1) is 13.9. The molecule has 2 rings (SSSR count). The summed E-state index contributed by atoms with van der Waals surface area (Å²) in [7, 11) is 0. The number of halogens is 2. The molecule has 104 valence electrons. The number of nitro benzene ring substituents is 1. The largest absolute Gasteiger partial charge is 0.375 e. The highest BCUT2D eigenvalue weighted by atomic mass is 19.1. The molecule has 0 heterocycles. The van der Waals surface area contributed by atoms with Gasteiger partial charge in [-0.3, -0.25) is 10.1 Å². The van der Waals surface area contributed by atoms with Gasteiger partial charge in [0.05, 0.1) is 4.92 Å². The van der Waals surface area contributed by atoms with Crippen LogP contribution in [-0.2, 0) is 6.54 Å². The van der Waals surface area contributed by atoms with Gasteiger partial charge in [0.2, 0.25) is 0 Å². The molecule has 0 spiro atoms. The van der Waals surface area contributed by atoms with Crippen LogP contribution in [0.5, 0.6) is 0 Å². The van der Waals surface area contributed by atoms with E-state index in [9.17, 15) is 18.9 Å². The highest BCUT2D eigenvalue weighted by Crippen LogP contribution is 2.26. The van der Waals surface area contributed by atoms with Crippen molar-refractivity contribution in [1.82, 2.24) is 0 Å². The summed E-state index contributed by atoms with van der Waals surface area (Å²) < 4.78 is 26.3. The number of nitro groups is 1. The predicted octanol–water partition coefficient (Wildman–Crippen LogP) is 3.79. The van der Waals surface area contributed by atoms with Crippen molar-refractivity contribution in [1.29, 1.82) is 0 Å². The summed E-state index contributed by atoms with van der Waals surface area (Å²) in [5.74, 6) is -1.35. The monoisotopic (exact) mass is 278 g/mol. The molecule has 0 bridgehead atoms. The standard InChI is InChI=1S/C14H12F2N2O2/c1-9-2-5-14(18(19)20)13(6-9)17-8-10-3-4-11(15)7-12(10)16/h2-7,17H,8H2,1H3. The Bertz CT molecular complexity index is 660. The van der Waals surface area contributed by atoms with E-state index in [2.05, 4.69) is 5.32 Å². The summed E-state index contributed by atoms with van der Waals surface area (Å²) in [4.78, 5) is 10.4. The van der Waals surface area contributed by atoms with Crippen molar-refractivity contribution in [2.24, 2.45) is 0 Å². The van der Waals surface area contributed by atoms with E-state index in [1.54, 1.807) is 19.1 Å². The fraction of sp³-hybridized carbons (Fsp3) is 0.143. The van der Waals surface area contributed by atoms with Crippen LogP contribution in [0.25, 0.3) is 0 Å². The van der Waals surface area contributed by atoms with E-state index in [0.29, 0.717) is 5.69 Å². The van der Waals surface area contributed by atoms with Crippen LogP contribution in [0.1, 0.15) is 11.1 Å². The van der Waals surface area contributed by atoms with Crippen molar-refractivity contribution in [3.63, 3.8) is 0 Å². The second-order valence-electron chi connectivity index (χ2n) is 4.37. The molecule has 0 unspecified atom stereocenters. The molecular weight excluding hydrogens is 266 g/mol. The Labute approximate surface area is 114 Å².